The number of amides is 1. The Labute approximate surface area is 133 Å². The molecule has 0 unspecified atom stereocenters. The summed E-state index contributed by atoms with van der Waals surface area (Å²) in [6, 6.07) is 5.71. The van der Waals surface area contributed by atoms with Crippen molar-refractivity contribution in [3.05, 3.63) is 30.1 Å². The molecule has 0 aliphatic rings. The van der Waals surface area contributed by atoms with Crippen molar-refractivity contribution in [1.82, 2.24) is 5.32 Å². The number of hydrogen-bond acceptors (Lipinski definition) is 2. The van der Waals surface area contributed by atoms with Crippen molar-refractivity contribution in [2.75, 3.05) is 0 Å². The first kappa shape index (κ1) is 18.5. The maximum Gasteiger partial charge on any atom is 0.261 e. The molecule has 0 spiro atoms. The molecule has 22 heavy (non-hydrogen) atoms. The lowest BCUT2D eigenvalue weighted by molar-refractivity contribution is -0.130. The Hall–Kier alpha value is -1.58. The summed E-state index contributed by atoms with van der Waals surface area (Å²) in [6.45, 7) is 12.4. The summed E-state index contributed by atoms with van der Waals surface area (Å²) in [7, 11) is 0. The smallest absolute Gasteiger partial charge is 0.261 e. The van der Waals surface area contributed by atoms with Crippen LogP contribution in [0.2, 0.25) is 0 Å². The molecule has 0 aliphatic carbocycles. The van der Waals surface area contributed by atoms with Crippen molar-refractivity contribution in [3.8, 4) is 5.75 Å². The molecule has 1 aromatic rings. The second kappa shape index (κ2) is 7.12. The summed E-state index contributed by atoms with van der Waals surface area (Å²) in [4.78, 5) is 12.4. The number of carbonyl (C=O) groups excluding carboxylic acids is 1. The Morgan fingerprint density at radius 2 is 1.73 bits per heavy atom. The zero-order valence-corrected chi connectivity index (χ0v) is 14.5. The van der Waals surface area contributed by atoms with E-state index in [4.69, 9.17) is 4.74 Å². The fourth-order valence-corrected chi connectivity index (χ4v) is 2.78. The minimum Gasteiger partial charge on any atom is -0.481 e. The largest absolute Gasteiger partial charge is 0.481 e. The second-order valence-corrected chi connectivity index (χ2v) is 7.58. The van der Waals surface area contributed by atoms with Crippen LogP contribution in [0.1, 0.15) is 54.4 Å². The molecule has 1 aromatic carbocycles. The van der Waals surface area contributed by atoms with Crippen molar-refractivity contribution in [2.45, 2.75) is 66.0 Å². The molecule has 1 amide bonds. The number of benzene rings is 1. The normalized spacial score (nSPS) is 13.6. The number of carbonyl (C=O) groups is 1. The Morgan fingerprint density at radius 3 is 2.18 bits per heavy atom. The predicted octanol–water partition coefficient (Wildman–Crippen LogP) is 4.31. The molecule has 0 aliphatic heterocycles. The molecule has 0 aromatic heterocycles. The highest BCUT2D eigenvalue weighted by Gasteiger charge is 2.30. The topological polar surface area (TPSA) is 38.3 Å². The number of halogens is 1. The van der Waals surface area contributed by atoms with Crippen LogP contribution in [0.15, 0.2) is 24.3 Å². The molecular formula is C18H28FNO2. The first-order chi connectivity index (χ1) is 10.0. The average Bonchev–Trinajstić information content (AvgIpc) is 2.34. The molecule has 1 rings (SSSR count). The maximum absolute atomic E-state index is 12.9. The molecule has 1 atom stereocenters. The number of rotatable bonds is 6. The van der Waals surface area contributed by atoms with Crippen LogP contribution in [0.3, 0.4) is 0 Å². The van der Waals surface area contributed by atoms with Gasteiger partial charge in [-0.2, -0.15) is 0 Å². The highest BCUT2D eigenvalue weighted by atomic mass is 19.1. The van der Waals surface area contributed by atoms with Gasteiger partial charge in [0.15, 0.2) is 6.10 Å². The van der Waals surface area contributed by atoms with Crippen LogP contribution in [-0.4, -0.2) is 17.6 Å². The van der Waals surface area contributed by atoms with Crippen molar-refractivity contribution >= 4 is 5.91 Å². The van der Waals surface area contributed by atoms with Gasteiger partial charge >= 0.3 is 0 Å². The van der Waals surface area contributed by atoms with Crippen molar-refractivity contribution in [3.63, 3.8) is 0 Å². The Balaban J connectivity index is 2.70. The summed E-state index contributed by atoms with van der Waals surface area (Å²) in [5, 5.41) is 3.06. The first-order valence-electron chi connectivity index (χ1n) is 7.77. The van der Waals surface area contributed by atoms with Crippen LogP contribution in [0, 0.1) is 11.2 Å². The standard InChI is InChI=1S/C18H28FNO2/c1-7-15(22-14-10-8-13(19)9-11-14)16(21)20-18(5,6)12-17(2,3)4/h8-11,15H,7,12H2,1-6H3,(H,20,21)/t15-/m1/s1. The van der Waals surface area contributed by atoms with E-state index in [-0.39, 0.29) is 22.7 Å². The maximum atomic E-state index is 12.9. The number of ether oxygens (including phenoxy) is 1. The molecule has 0 saturated carbocycles. The second-order valence-electron chi connectivity index (χ2n) is 7.58. The highest BCUT2D eigenvalue weighted by Crippen LogP contribution is 2.27. The third-order valence-electron chi connectivity index (χ3n) is 3.19. The molecule has 1 N–H and O–H groups in total. The zero-order chi connectivity index (χ0) is 17.0. The summed E-state index contributed by atoms with van der Waals surface area (Å²) in [5.74, 6) is 0.0364. The van der Waals surface area contributed by atoms with E-state index in [9.17, 15) is 9.18 Å². The van der Waals surface area contributed by atoms with Gasteiger partial charge in [0.1, 0.15) is 11.6 Å². The Kier molecular flexibility index (Phi) is 5.98. The third-order valence-corrected chi connectivity index (χ3v) is 3.19. The van der Waals surface area contributed by atoms with E-state index in [0.717, 1.165) is 6.42 Å². The van der Waals surface area contributed by atoms with Crippen LogP contribution < -0.4 is 10.1 Å². The summed E-state index contributed by atoms with van der Waals surface area (Å²) >= 11 is 0. The molecule has 0 radical (unpaired) electrons. The van der Waals surface area contributed by atoms with E-state index in [1.54, 1.807) is 0 Å². The zero-order valence-electron chi connectivity index (χ0n) is 14.5. The lowest BCUT2D eigenvalue weighted by Gasteiger charge is -2.34. The van der Waals surface area contributed by atoms with Crippen LogP contribution in [0.25, 0.3) is 0 Å². The summed E-state index contributed by atoms with van der Waals surface area (Å²) in [6.07, 6.45) is 0.831. The van der Waals surface area contributed by atoms with Crippen LogP contribution in [0.5, 0.6) is 5.75 Å². The molecule has 124 valence electrons. The predicted molar refractivity (Wildman–Crippen MR) is 87.4 cm³/mol. The van der Waals surface area contributed by atoms with Gasteiger partial charge in [0.25, 0.3) is 5.91 Å². The van der Waals surface area contributed by atoms with E-state index in [0.29, 0.717) is 12.2 Å². The Morgan fingerprint density at radius 1 is 1.18 bits per heavy atom. The van der Waals surface area contributed by atoms with Gasteiger partial charge in [0.2, 0.25) is 0 Å². The average molecular weight is 309 g/mol. The molecule has 4 heteroatoms. The van der Waals surface area contributed by atoms with Crippen LogP contribution in [-0.2, 0) is 4.79 Å². The van der Waals surface area contributed by atoms with Crippen LogP contribution in [0.4, 0.5) is 4.39 Å². The lowest BCUT2D eigenvalue weighted by atomic mass is 9.81. The van der Waals surface area contributed by atoms with Crippen molar-refractivity contribution < 1.29 is 13.9 Å². The van der Waals surface area contributed by atoms with Gasteiger partial charge in [0.05, 0.1) is 0 Å². The summed E-state index contributed by atoms with van der Waals surface area (Å²) in [5.41, 5.74) is -0.189. The van der Waals surface area contributed by atoms with Crippen molar-refractivity contribution in [1.29, 1.82) is 0 Å². The van der Waals surface area contributed by atoms with Gasteiger partial charge in [-0.3, -0.25) is 4.79 Å². The molecule has 0 saturated heterocycles. The van der Waals surface area contributed by atoms with Gasteiger partial charge in [-0.05, 0) is 56.4 Å². The Bertz CT molecular complexity index is 489. The van der Waals surface area contributed by atoms with Gasteiger partial charge < -0.3 is 10.1 Å². The fourth-order valence-electron chi connectivity index (χ4n) is 2.78. The van der Waals surface area contributed by atoms with E-state index >= 15 is 0 Å². The summed E-state index contributed by atoms with van der Waals surface area (Å²) < 4.78 is 18.6. The fraction of sp³-hybridized carbons (Fsp3) is 0.611. The first-order valence-corrected chi connectivity index (χ1v) is 7.77. The SMILES string of the molecule is CC[C@@H](Oc1ccc(F)cc1)C(=O)NC(C)(C)CC(C)(C)C. The van der Waals surface area contributed by atoms with E-state index in [2.05, 4.69) is 26.1 Å². The molecule has 0 bridgehead atoms. The minimum absolute atomic E-state index is 0.121. The van der Waals surface area contributed by atoms with E-state index in [1.165, 1.54) is 24.3 Å². The number of nitrogens with one attached hydrogen (secondary N) is 1. The molecule has 3 nitrogen and oxygen atoms in total. The van der Waals surface area contributed by atoms with E-state index < -0.39 is 6.10 Å². The number of hydrogen-bond donors (Lipinski definition) is 1. The van der Waals surface area contributed by atoms with Gasteiger partial charge in [-0.1, -0.05) is 27.7 Å². The van der Waals surface area contributed by atoms with Gasteiger partial charge in [-0.25, -0.2) is 4.39 Å². The van der Waals surface area contributed by atoms with Crippen LogP contribution >= 0.6 is 0 Å². The molecule has 0 fully saturated rings. The monoisotopic (exact) mass is 309 g/mol. The van der Waals surface area contributed by atoms with Gasteiger partial charge in [-0.15, -0.1) is 0 Å². The third kappa shape index (κ3) is 6.46. The van der Waals surface area contributed by atoms with E-state index in [1.807, 2.05) is 20.8 Å². The molecule has 0 heterocycles. The van der Waals surface area contributed by atoms with Crippen molar-refractivity contribution in [2.24, 2.45) is 5.41 Å². The van der Waals surface area contributed by atoms with Gasteiger partial charge in [0, 0.05) is 5.54 Å². The quantitative estimate of drug-likeness (QED) is 0.850. The highest BCUT2D eigenvalue weighted by molar-refractivity contribution is 5.81. The minimum atomic E-state index is -0.579. The lowest BCUT2D eigenvalue weighted by Crippen LogP contribution is -2.50. The molecular weight excluding hydrogens is 281 g/mol.